The van der Waals surface area contributed by atoms with Crippen molar-refractivity contribution >= 4 is 23.5 Å². The standard InChI is InChI=1S/C27H32N2O4/c1-20-17-25(30)29(26(20)31)24-14-6-5-13-23(24)27(32)33-19-22-12-8-16-28(18-22)15-7-11-21-9-3-2-4-10-21/h2-6,9-10,13-14,20,22H,7-8,11-12,15-19H2,1H3/t20-,22-/m1/s1. The highest BCUT2D eigenvalue weighted by Crippen LogP contribution is 2.29. The van der Waals surface area contributed by atoms with Crippen LogP contribution in [0.3, 0.4) is 0 Å². The molecule has 2 heterocycles. The van der Waals surface area contributed by atoms with Gasteiger partial charge < -0.3 is 9.64 Å². The number of aryl methyl sites for hydroxylation is 1. The SMILES string of the molecule is C[C@@H]1CC(=O)N(c2ccccc2C(=O)OC[C@@H]2CCCN(CCCc3ccccc3)C2)C1=O. The average molecular weight is 449 g/mol. The van der Waals surface area contributed by atoms with Gasteiger partial charge in [0.2, 0.25) is 11.8 Å². The van der Waals surface area contributed by atoms with Crippen molar-refractivity contribution in [2.75, 3.05) is 31.1 Å². The van der Waals surface area contributed by atoms with Gasteiger partial charge in [-0.3, -0.25) is 9.59 Å². The Labute approximate surface area is 195 Å². The third-order valence-electron chi connectivity index (χ3n) is 6.57. The van der Waals surface area contributed by atoms with Crippen LogP contribution < -0.4 is 4.90 Å². The summed E-state index contributed by atoms with van der Waals surface area (Å²) in [5, 5.41) is 0. The maximum Gasteiger partial charge on any atom is 0.340 e. The van der Waals surface area contributed by atoms with Crippen molar-refractivity contribution in [3.63, 3.8) is 0 Å². The first-order valence-electron chi connectivity index (χ1n) is 11.9. The topological polar surface area (TPSA) is 66.9 Å². The summed E-state index contributed by atoms with van der Waals surface area (Å²) < 4.78 is 5.67. The van der Waals surface area contributed by atoms with Gasteiger partial charge in [0.1, 0.15) is 0 Å². The first kappa shape index (κ1) is 23.2. The molecule has 0 unspecified atom stereocenters. The molecule has 2 atom stereocenters. The van der Waals surface area contributed by atoms with E-state index < -0.39 is 5.97 Å². The Morgan fingerprint density at radius 3 is 2.58 bits per heavy atom. The summed E-state index contributed by atoms with van der Waals surface area (Å²) in [6.45, 7) is 5.12. The molecule has 0 radical (unpaired) electrons. The largest absolute Gasteiger partial charge is 0.462 e. The van der Waals surface area contributed by atoms with E-state index in [1.54, 1.807) is 31.2 Å². The summed E-state index contributed by atoms with van der Waals surface area (Å²) >= 11 is 0. The van der Waals surface area contributed by atoms with Crippen molar-refractivity contribution in [2.45, 2.75) is 39.0 Å². The highest BCUT2D eigenvalue weighted by molar-refractivity contribution is 6.22. The first-order chi connectivity index (χ1) is 16.0. The lowest BCUT2D eigenvalue weighted by molar-refractivity contribution is -0.122. The van der Waals surface area contributed by atoms with Gasteiger partial charge in [-0.05, 0) is 56.5 Å². The number of esters is 1. The van der Waals surface area contributed by atoms with Crippen LogP contribution in [0.15, 0.2) is 54.6 Å². The number of anilines is 1. The molecular weight excluding hydrogens is 416 g/mol. The maximum absolute atomic E-state index is 12.9. The fourth-order valence-corrected chi connectivity index (χ4v) is 4.79. The predicted octanol–water partition coefficient (Wildman–Crippen LogP) is 4.09. The zero-order valence-electron chi connectivity index (χ0n) is 19.2. The van der Waals surface area contributed by atoms with Gasteiger partial charge in [0.25, 0.3) is 0 Å². The third-order valence-corrected chi connectivity index (χ3v) is 6.57. The first-order valence-corrected chi connectivity index (χ1v) is 11.9. The van der Waals surface area contributed by atoms with Crippen LogP contribution in [0.2, 0.25) is 0 Å². The number of piperidine rings is 1. The van der Waals surface area contributed by atoms with E-state index in [1.165, 1.54) is 5.56 Å². The second-order valence-electron chi connectivity index (χ2n) is 9.19. The molecular formula is C27H32N2O4. The molecule has 33 heavy (non-hydrogen) atoms. The zero-order valence-corrected chi connectivity index (χ0v) is 19.2. The quantitative estimate of drug-likeness (QED) is 0.450. The van der Waals surface area contributed by atoms with Crippen molar-refractivity contribution in [3.05, 3.63) is 65.7 Å². The van der Waals surface area contributed by atoms with Gasteiger partial charge in [0.15, 0.2) is 0 Å². The van der Waals surface area contributed by atoms with Crippen LogP contribution in [0.4, 0.5) is 5.69 Å². The molecule has 0 aromatic heterocycles. The monoisotopic (exact) mass is 448 g/mol. The lowest BCUT2D eigenvalue weighted by atomic mass is 9.98. The number of ether oxygens (including phenoxy) is 1. The number of benzene rings is 2. The number of nitrogens with zero attached hydrogens (tertiary/aromatic N) is 2. The maximum atomic E-state index is 12.9. The predicted molar refractivity (Wildman–Crippen MR) is 127 cm³/mol. The molecule has 2 saturated heterocycles. The minimum Gasteiger partial charge on any atom is -0.462 e. The molecule has 0 saturated carbocycles. The van der Waals surface area contributed by atoms with Crippen LogP contribution in [0.5, 0.6) is 0 Å². The number of carbonyl (C=O) groups excluding carboxylic acids is 3. The Bertz CT molecular complexity index is 991. The van der Waals surface area contributed by atoms with Gasteiger partial charge in [-0.15, -0.1) is 0 Å². The molecule has 0 bridgehead atoms. The fourth-order valence-electron chi connectivity index (χ4n) is 4.79. The number of hydrogen-bond acceptors (Lipinski definition) is 5. The third kappa shape index (κ3) is 5.69. The van der Waals surface area contributed by atoms with Crippen LogP contribution >= 0.6 is 0 Å². The number of amides is 2. The van der Waals surface area contributed by atoms with Crippen molar-refractivity contribution in [1.29, 1.82) is 0 Å². The highest BCUT2D eigenvalue weighted by Gasteiger charge is 2.38. The molecule has 6 nitrogen and oxygen atoms in total. The lowest BCUT2D eigenvalue weighted by Crippen LogP contribution is -2.38. The van der Waals surface area contributed by atoms with Crippen molar-refractivity contribution < 1.29 is 19.1 Å². The van der Waals surface area contributed by atoms with Crippen LogP contribution in [0.25, 0.3) is 0 Å². The molecule has 2 aromatic rings. The molecule has 2 aliphatic heterocycles. The number of imide groups is 1. The van der Waals surface area contributed by atoms with Gasteiger partial charge in [-0.2, -0.15) is 0 Å². The van der Waals surface area contributed by atoms with Gasteiger partial charge in [-0.25, -0.2) is 9.69 Å². The highest BCUT2D eigenvalue weighted by atomic mass is 16.5. The van der Waals surface area contributed by atoms with E-state index in [2.05, 4.69) is 29.2 Å². The number of hydrogen-bond donors (Lipinski definition) is 0. The van der Waals surface area contributed by atoms with Crippen LogP contribution in [-0.4, -0.2) is 48.9 Å². The van der Waals surface area contributed by atoms with E-state index in [4.69, 9.17) is 4.74 Å². The average Bonchev–Trinajstić information content (AvgIpc) is 3.09. The molecule has 0 spiro atoms. The molecule has 6 heteroatoms. The molecule has 2 aromatic carbocycles. The minimum atomic E-state index is -0.480. The van der Waals surface area contributed by atoms with Gasteiger partial charge in [0, 0.05) is 24.8 Å². The summed E-state index contributed by atoms with van der Waals surface area (Å²) in [5.74, 6) is -1.09. The van der Waals surface area contributed by atoms with Crippen molar-refractivity contribution in [2.24, 2.45) is 11.8 Å². The number of likely N-dealkylation sites (tertiary alicyclic amines) is 1. The number of para-hydroxylation sites is 1. The molecule has 174 valence electrons. The van der Waals surface area contributed by atoms with Crippen LogP contribution in [-0.2, 0) is 20.7 Å². The van der Waals surface area contributed by atoms with Crippen molar-refractivity contribution in [3.8, 4) is 0 Å². The van der Waals surface area contributed by atoms with E-state index in [-0.39, 0.29) is 29.7 Å². The van der Waals surface area contributed by atoms with Crippen molar-refractivity contribution in [1.82, 2.24) is 4.90 Å². The summed E-state index contributed by atoms with van der Waals surface area (Å²) in [5.41, 5.74) is 1.96. The number of carbonyl (C=O) groups is 3. The molecule has 2 fully saturated rings. The van der Waals surface area contributed by atoms with E-state index in [0.29, 0.717) is 18.2 Å². The van der Waals surface area contributed by atoms with Gasteiger partial charge in [0.05, 0.1) is 17.9 Å². The summed E-state index contributed by atoms with van der Waals surface area (Å²) in [4.78, 5) is 41.3. The van der Waals surface area contributed by atoms with E-state index >= 15 is 0 Å². The summed E-state index contributed by atoms with van der Waals surface area (Å²) in [6, 6.07) is 17.2. The second-order valence-corrected chi connectivity index (χ2v) is 9.19. The Kier molecular flexibility index (Phi) is 7.55. The van der Waals surface area contributed by atoms with E-state index in [1.807, 2.05) is 6.07 Å². The smallest absolute Gasteiger partial charge is 0.340 e. The van der Waals surface area contributed by atoms with Crippen LogP contribution in [0.1, 0.15) is 48.5 Å². The second kappa shape index (κ2) is 10.8. The Hall–Kier alpha value is -2.99. The summed E-state index contributed by atoms with van der Waals surface area (Å²) in [7, 11) is 0. The Morgan fingerprint density at radius 2 is 1.82 bits per heavy atom. The minimum absolute atomic E-state index is 0.171. The van der Waals surface area contributed by atoms with E-state index in [0.717, 1.165) is 50.2 Å². The lowest BCUT2D eigenvalue weighted by Gasteiger charge is -2.32. The van der Waals surface area contributed by atoms with Crippen LogP contribution in [0, 0.1) is 11.8 Å². The summed E-state index contributed by atoms with van der Waals surface area (Å²) in [6.07, 6.45) is 4.48. The Morgan fingerprint density at radius 1 is 1.06 bits per heavy atom. The normalized spacial score (nSPS) is 21.4. The fraction of sp³-hybridized carbons (Fsp3) is 0.444. The molecule has 2 aliphatic rings. The van der Waals surface area contributed by atoms with Gasteiger partial charge in [-0.1, -0.05) is 49.4 Å². The molecule has 0 N–H and O–H groups in total. The Balaban J connectivity index is 1.30. The molecule has 2 amide bonds. The molecule has 0 aliphatic carbocycles. The zero-order chi connectivity index (χ0) is 23.2. The number of rotatable bonds is 8. The molecule has 4 rings (SSSR count). The van der Waals surface area contributed by atoms with E-state index in [9.17, 15) is 14.4 Å². The van der Waals surface area contributed by atoms with Gasteiger partial charge >= 0.3 is 5.97 Å².